The standard InChI is InChI=1S/C29H30N6O.C26H22N6O/c1-17-14-30-26(19-7-5-18(6-8-19)24-15-35(4)27(33-24)20-9-10-20)34-25(17)32-21-11-12-22-23(13-21)29(2,3)16-31-28(22)36;1-16-13-28-25(18-4-7-21(8-5-18)32-14-23(29-15-32)17-2-3-17)31-24(16)30-20-6-9-22-19(12-20)10-11-27-26(22)33/h5-8,11-15,20H,9-10,16H2,1-4H3,(H,31,36)(H,30,32,34);4-15,17H,2-3H2,1H3,(H,27,33)(H,28,30,31). The summed E-state index contributed by atoms with van der Waals surface area (Å²) in [6, 6.07) is 29.9. The maximum Gasteiger partial charge on any atom is 0.255 e. The zero-order valence-corrected chi connectivity index (χ0v) is 39.2. The predicted molar refractivity (Wildman–Crippen MR) is 271 cm³/mol. The number of hydrogen-bond donors (Lipinski definition) is 4. The first-order valence-corrected chi connectivity index (χ1v) is 23.5. The van der Waals surface area contributed by atoms with Crippen molar-refractivity contribution in [1.82, 2.24) is 49.3 Å². The molecule has 344 valence electrons. The summed E-state index contributed by atoms with van der Waals surface area (Å²) >= 11 is 0. The van der Waals surface area contributed by atoms with Gasteiger partial charge in [0.25, 0.3) is 11.5 Å². The molecule has 4 N–H and O–H groups in total. The van der Waals surface area contributed by atoms with Crippen LogP contribution in [0.1, 0.15) is 89.9 Å². The van der Waals surface area contributed by atoms with Gasteiger partial charge < -0.3 is 30.1 Å². The van der Waals surface area contributed by atoms with Crippen molar-refractivity contribution in [3.63, 3.8) is 0 Å². The van der Waals surface area contributed by atoms with Crippen LogP contribution < -0.4 is 21.5 Å². The number of H-pyrrole nitrogens is 1. The van der Waals surface area contributed by atoms with Gasteiger partial charge in [0.1, 0.15) is 17.5 Å². The van der Waals surface area contributed by atoms with Gasteiger partial charge >= 0.3 is 0 Å². The van der Waals surface area contributed by atoms with Crippen LogP contribution in [0, 0.1) is 13.8 Å². The third kappa shape index (κ3) is 9.00. The number of nitrogens with zero attached hydrogens (tertiary/aromatic N) is 8. The third-order valence-electron chi connectivity index (χ3n) is 13.2. The Kier molecular flexibility index (Phi) is 10.9. The normalized spacial score (nSPS) is 14.9. The van der Waals surface area contributed by atoms with Crippen LogP contribution in [-0.2, 0) is 12.5 Å². The number of rotatable bonds is 10. The molecule has 5 aromatic heterocycles. The Bertz CT molecular complexity index is 3470. The number of carbonyl (C=O) groups is 1. The number of pyridine rings is 1. The molecule has 0 saturated heterocycles. The number of nitrogens with one attached hydrogen (secondary N) is 4. The van der Waals surface area contributed by atoms with Gasteiger partial charge in [-0.15, -0.1) is 0 Å². The Labute approximate surface area is 399 Å². The molecule has 1 amide bonds. The van der Waals surface area contributed by atoms with Gasteiger partial charge in [-0.3, -0.25) is 9.59 Å². The molecule has 9 aromatic rings. The van der Waals surface area contributed by atoms with Gasteiger partial charge in [0.05, 0.1) is 17.7 Å². The number of carbonyl (C=O) groups excluding carboxylic acids is 1. The van der Waals surface area contributed by atoms with Crippen LogP contribution in [-0.4, -0.2) is 56.5 Å². The molecule has 12 rings (SSSR count). The van der Waals surface area contributed by atoms with Crippen LogP contribution in [0.3, 0.4) is 0 Å². The molecule has 1 aliphatic heterocycles. The molecule has 2 aliphatic carbocycles. The van der Waals surface area contributed by atoms with Gasteiger partial charge in [0.2, 0.25) is 0 Å². The molecule has 2 saturated carbocycles. The Balaban J connectivity index is 0.000000151. The third-order valence-corrected chi connectivity index (χ3v) is 13.2. The zero-order chi connectivity index (χ0) is 47.4. The lowest BCUT2D eigenvalue weighted by Crippen LogP contribution is -2.43. The van der Waals surface area contributed by atoms with E-state index in [4.69, 9.17) is 15.0 Å². The second-order valence-electron chi connectivity index (χ2n) is 19.1. The average molecular weight is 913 g/mol. The van der Waals surface area contributed by atoms with Crippen molar-refractivity contribution in [2.45, 2.75) is 70.6 Å². The lowest BCUT2D eigenvalue weighted by atomic mass is 9.79. The summed E-state index contributed by atoms with van der Waals surface area (Å²) in [5, 5.41) is 11.3. The fourth-order valence-corrected chi connectivity index (χ4v) is 8.81. The van der Waals surface area contributed by atoms with E-state index in [0.29, 0.717) is 35.4 Å². The van der Waals surface area contributed by atoms with Crippen molar-refractivity contribution in [1.29, 1.82) is 0 Å². The molecule has 69 heavy (non-hydrogen) atoms. The second-order valence-corrected chi connectivity index (χ2v) is 19.1. The first kappa shape index (κ1) is 43.3. The van der Waals surface area contributed by atoms with Crippen molar-refractivity contribution < 1.29 is 4.79 Å². The van der Waals surface area contributed by atoms with Gasteiger partial charge in [-0.2, -0.15) is 0 Å². The Hall–Kier alpha value is -8.26. The van der Waals surface area contributed by atoms with E-state index < -0.39 is 0 Å². The van der Waals surface area contributed by atoms with Gasteiger partial charge in [-0.05, 0) is 117 Å². The van der Waals surface area contributed by atoms with E-state index >= 15 is 0 Å². The van der Waals surface area contributed by atoms with E-state index in [1.54, 1.807) is 6.20 Å². The van der Waals surface area contributed by atoms with Gasteiger partial charge in [-0.1, -0.05) is 38.1 Å². The number of benzene rings is 4. The van der Waals surface area contributed by atoms with Crippen LogP contribution in [0.4, 0.5) is 23.0 Å². The van der Waals surface area contributed by atoms with Crippen LogP contribution in [0.15, 0.2) is 133 Å². The Morgan fingerprint density at radius 2 is 1.30 bits per heavy atom. The lowest BCUT2D eigenvalue weighted by molar-refractivity contribution is 0.0930. The maximum absolute atomic E-state index is 12.3. The highest BCUT2D eigenvalue weighted by Gasteiger charge is 2.32. The number of hydrogen-bond acceptors (Lipinski definition) is 10. The average Bonchev–Trinajstić information content (AvgIpc) is 4.30. The van der Waals surface area contributed by atoms with E-state index in [2.05, 4.69) is 121 Å². The van der Waals surface area contributed by atoms with Crippen molar-refractivity contribution in [3.8, 4) is 39.7 Å². The van der Waals surface area contributed by atoms with Crippen molar-refractivity contribution in [2.24, 2.45) is 7.05 Å². The minimum atomic E-state index is -0.137. The molecule has 14 nitrogen and oxygen atoms in total. The Morgan fingerprint density at radius 1 is 0.681 bits per heavy atom. The van der Waals surface area contributed by atoms with Gasteiger partial charge in [-0.25, -0.2) is 29.9 Å². The fourth-order valence-electron chi connectivity index (χ4n) is 8.81. The molecule has 0 atom stereocenters. The minimum Gasteiger partial charge on any atom is -0.351 e. The van der Waals surface area contributed by atoms with Crippen LogP contribution in [0.25, 0.3) is 50.5 Å². The molecular formula is C55H52N12O2. The molecular weight excluding hydrogens is 861 g/mol. The highest BCUT2D eigenvalue weighted by Crippen LogP contribution is 2.41. The summed E-state index contributed by atoms with van der Waals surface area (Å²) < 4.78 is 4.21. The van der Waals surface area contributed by atoms with E-state index in [-0.39, 0.29) is 16.9 Å². The summed E-state index contributed by atoms with van der Waals surface area (Å²) in [6.07, 6.45) is 16.4. The fraction of sp³-hybridized carbons (Fsp3) is 0.236. The predicted octanol–water partition coefficient (Wildman–Crippen LogP) is 10.6. The monoisotopic (exact) mass is 912 g/mol. The number of aromatic nitrogens is 9. The topological polar surface area (TPSA) is 173 Å². The quantitative estimate of drug-likeness (QED) is 0.103. The minimum absolute atomic E-state index is 0.0192. The lowest BCUT2D eigenvalue weighted by Gasteiger charge is -2.32. The molecule has 0 unspecified atom stereocenters. The molecule has 0 radical (unpaired) electrons. The molecule has 3 aliphatic rings. The molecule has 0 bridgehead atoms. The molecule has 4 aromatic carbocycles. The Morgan fingerprint density at radius 3 is 1.97 bits per heavy atom. The van der Waals surface area contributed by atoms with Crippen LogP contribution in [0.5, 0.6) is 0 Å². The van der Waals surface area contributed by atoms with Crippen molar-refractivity contribution >= 4 is 39.7 Å². The first-order chi connectivity index (χ1) is 33.4. The zero-order valence-electron chi connectivity index (χ0n) is 39.2. The summed E-state index contributed by atoms with van der Waals surface area (Å²) in [6.45, 7) is 8.87. The van der Waals surface area contributed by atoms with E-state index in [9.17, 15) is 9.59 Å². The molecule has 14 heteroatoms. The number of fused-ring (bicyclic) bond motifs is 2. The summed E-state index contributed by atoms with van der Waals surface area (Å²) in [5.41, 5.74) is 11.4. The van der Waals surface area contributed by atoms with Crippen LogP contribution in [0.2, 0.25) is 0 Å². The van der Waals surface area contributed by atoms with E-state index in [0.717, 1.165) is 78.7 Å². The number of aryl methyl sites for hydroxylation is 3. The summed E-state index contributed by atoms with van der Waals surface area (Å²) in [4.78, 5) is 55.1. The van der Waals surface area contributed by atoms with Crippen molar-refractivity contribution in [2.75, 3.05) is 17.2 Å². The largest absolute Gasteiger partial charge is 0.351 e. The summed E-state index contributed by atoms with van der Waals surface area (Å²) in [5.74, 6) is 5.21. The van der Waals surface area contributed by atoms with Crippen molar-refractivity contribution in [3.05, 3.63) is 172 Å². The highest BCUT2D eigenvalue weighted by molar-refractivity contribution is 5.98. The second kappa shape index (κ2) is 17.4. The summed E-state index contributed by atoms with van der Waals surface area (Å²) in [7, 11) is 2.07. The first-order valence-electron chi connectivity index (χ1n) is 23.5. The number of imidazole rings is 2. The number of aromatic amines is 1. The van der Waals surface area contributed by atoms with Crippen LogP contribution >= 0.6 is 0 Å². The van der Waals surface area contributed by atoms with E-state index in [1.165, 1.54) is 37.2 Å². The maximum atomic E-state index is 12.3. The SMILES string of the molecule is Cc1cnc(-c2ccc(-c3cn(C)c(C4CC4)n3)cc2)nc1Nc1ccc2c(c1)C(C)(C)CNC2=O.Cc1cnc(-c2ccc(-n3cnc(C4CC4)c3)cc2)nc1Nc1ccc2c(=O)[nH]ccc2c1. The molecule has 0 spiro atoms. The molecule has 6 heterocycles. The smallest absolute Gasteiger partial charge is 0.255 e. The highest BCUT2D eigenvalue weighted by atomic mass is 16.1. The van der Waals surface area contributed by atoms with Gasteiger partial charge in [0, 0.05) is 118 Å². The number of anilines is 4. The van der Waals surface area contributed by atoms with Gasteiger partial charge in [0.15, 0.2) is 11.6 Å². The van der Waals surface area contributed by atoms with E-state index in [1.807, 2.05) is 81.1 Å². The molecule has 2 fully saturated rings. The number of amides is 1.